The lowest BCUT2D eigenvalue weighted by atomic mass is 10.2. The van der Waals surface area contributed by atoms with Crippen LogP contribution in [0.25, 0.3) is 0 Å². The van der Waals surface area contributed by atoms with Crippen LogP contribution in [0.2, 0.25) is 0 Å². The first-order valence-electron chi connectivity index (χ1n) is 5.73. The lowest BCUT2D eigenvalue weighted by molar-refractivity contribution is 0.369. The van der Waals surface area contributed by atoms with Crippen LogP contribution in [-0.4, -0.2) is 25.8 Å². The van der Waals surface area contributed by atoms with Crippen molar-refractivity contribution < 1.29 is 8.42 Å². The fourth-order valence-corrected chi connectivity index (χ4v) is 3.21. The molecular formula is C12H20N2O2S. The lowest BCUT2D eigenvalue weighted by Gasteiger charge is -2.24. The number of nitrogens with zero attached hydrogens (tertiary/aromatic N) is 1. The van der Waals surface area contributed by atoms with Crippen LogP contribution in [0.3, 0.4) is 0 Å². The lowest BCUT2D eigenvalue weighted by Crippen LogP contribution is -2.35. The highest BCUT2D eigenvalue weighted by Crippen LogP contribution is 2.23. The van der Waals surface area contributed by atoms with Crippen molar-refractivity contribution in [2.75, 3.05) is 12.8 Å². The molecule has 0 radical (unpaired) electrons. The smallest absolute Gasteiger partial charge is 0.245 e. The second kappa shape index (κ2) is 5.51. The van der Waals surface area contributed by atoms with Gasteiger partial charge in [-0.05, 0) is 25.5 Å². The van der Waals surface area contributed by atoms with Gasteiger partial charge in [-0.3, -0.25) is 0 Å². The van der Waals surface area contributed by atoms with Crippen LogP contribution < -0.4 is 5.73 Å². The Morgan fingerprint density at radius 3 is 2.47 bits per heavy atom. The van der Waals surface area contributed by atoms with E-state index in [1.54, 1.807) is 31.3 Å². The van der Waals surface area contributed by atoms with Crippen LogP contribution in [0.5, 0.6) is 0 Å². The average molecular weight is 256 g/mol. The summed E-state index contributed by atoms with van der Waals surface area (Å²) in [6.07, 6.45) is 1.79. The molecule has 0 fully saturated rings. The van der Waals surface area contributed by atoms with Crippen molar-refractivity contribution >= 4 is 15.7 Å². The van der Waals surface area contributed by atoms with Crippen LogP contribution in [0.4, 0.5) is 5.69 Å². The number of anilines is 1. The van der Waals surface area contributed by atoms with E-state index >= 15 is 0 Å². The van der Waals surface area contributed by atoms with E-state index in [0.29, 0.717) is 5.69 Å². The molecular weight excluding hydrogens is 236 g/mol. The summed E-state index contributed by atoms with van der Waals surface area (Å²) < 4.78 is 26.0. The molecule has 17 heavy (non-hydrogen) atoms. The maximum absolute atomic E-state index is 12.3. The largest absolute Gasteiger partial charge is 0.398 e. The van der Waals surface area contributed by atoms with Gasteiger partial charge in [0.05, 0.1) is 5.69 Å². The van der Waals surface area contributed by atoms with Crippen LogP contribution in [0.1, 0.15) is 26.7 Å². The molecule has 0 saturated heterocycles. The summed E-state index contributed by atoms with van der Waals surface area (Å²) in [5.41, 5.74) is 6.01. The third-order valence-electron chi connectivity index (χ3n) is 2.90. The third kappa shape index (κ3) is 2.98. The molecule has 0 aliphatic heterocycles. The zero-order valence-electron chi connectivity index (χ0n) is 10.6. The standard InChI is InChI=1S/C12H20N2O2S/c1-4-7-10(2)14(3)17(15,16)12-9-6-5-8-11(12)13/h5-6,8-10H,4,7,13H2,1-3H3. The first-order valence-corrected chi connectivity index (χ1v) is 7.17. The summed E-state index contributed by atoms with van der Waals surface area (Å²) in [6, 6.07) is 6.53. The maximum atomic E-state index is 12.3. The van der Waals surface area contributed by atoms with Gasteiger partial charge >= 0.3 is 0 Å². The summed E-state index contributed by atoms with van der Waals surface area (Å²) in [5, 5.41) is 0. The molecule has 0 amide bonds. The van der Waals surface area contributed by atoms with Crippen molar-refractivity contribution in [3.8, 4) is 0 Å². The van der Waals surface area contributed by atoms with Crippen LogP contribution >= 0.6 is 0 Å². The highest BCUT2D eigenvalue weighted by molar-refractivity contribution is 7.89. The number of nitrogens with two attached hydrogens (primary N) is 1. The Bertz CT molecular complexity index is 471. The Balaban J connectivity index is 3.08. The Kier molecular flexibility index (Phi) is 4.54. The molecule has 0 aromatic heterocycles. The van der Waals surface area contributed by atoms with E-state index in [-0.39, 0.29) is 10.9 Å². The number of benzene rings is 1. The van der Waals surface area contributed by atoms with Gasteiger partial charge in [-0.25, -0.2) is 8.42 Å². The molecule has 1 aromatic rings. The van der Waals surface area contributed by atoms with Crippen molar-refractivity contribution in [3.63, 3.8) is 0 Å². The van der Waals surface area contributed by atoms with Gasteiger partial charge in [0.1, 0.15) is 4.90 Å². The van der Waals surface area contributed by atoms with Crippen LogP contribution in [0, 0.1) is 0 Å². The van der Waals surface area contributed by atoms with Gasteiger partial charge in [-0.1, -0.05) is 25.5 Å². The van der Waals surface area contributed by atoms with Gasteiger partial charge in [0.25, 0.3) is 0 Å². The number of para-hydroxylation sites is 1. The van der Waals surface area contributed by atoms with Gasteiger partial charge in [-0.2, -0.15) is 4.31 Å². The fraction of sp³-hybridized carbons (Fsp3) is 0.500. The van der Waals surface area contributed by atoms with E-state index in [0.717, 1.165) is 12.8 Å². The Morgan fingerprint density at radius 1 is 1.35 bits per heavy atom. The zero-order valence-corrected chi connectivity index (χ0v) is 11.4. The molecule has 1 aromatic carbocycles. The van der Waals surface area contributed by atoms with E-state index in [2.05, 4.69) is 0 Å². The topological polar surface area (TPSA) is 63.4 Å². The predicted octanol–water partition coefficient (Wildman–Crippen LogP) is 2.08. The van der Waals surface area contributed by atoms with Crippen molar-refractivity contribution in [1.29, 1.82) is 0 Å². The fourth-order valence-electron chi connectivity index (χ4n) is 1.71. The number of sulfonamides is 1. The highest BCUT2D eigenvalue weighted by Gasteiger charge is 2.26. The summed E-state index contributed by atoms with van der Waals surface area (Å²) in [5.74, 6) is 0. The van der Waals surface area contributed by atoms with E-state index in [4.69, 9.17) is 5.73 Å². The first kappa shape index (κ1) is 14.0. The molecule has 0 spiro atoms. The van der Waals surface area contributed by atoms with Gasteiger partial charge < -0.3 is 5.73 Å². The van der Waals surface area contributed by atoms with Gasteiger partial charge in [0.15, 0.2) is 0 Å². The van der Waals surface area contributed by atoms with Gasteiger partial charge in [-0.15, -0.1) is 0 Å². The molecule has 1 atom stereocenters. The van der Waals surface area contributed by atoms with Gasteiger partial charge in [0, 0.05) is 13.1 Å². The quantitative estimate of drug-likeness (QED) is 0.820. The van der Waals surface area contributed by atoms with Crippen LogP contribution in [-0.2, 0) is 10.0 Å². The normalized spacial score (nSPS) is 13.9. The minimum atomic E-state index is -3.48. The second-order valence-corrected chi connectivity index (χ2v) is 6.16. The van der Waals surface area contributed by atoms with E-state index < -0.39 is 10.0 Å². The summed E-state index contributed by atoms with van der Waals surface area (Å²) in [4.78, 5) is 0.186. The number of hydrogen-bond acceptors (Lipinski definition) is 3. The number of hydrogen-bond donors (Lipinski definition) is 1. The Labute approximate surface area is 103 Å². The molecule has 2 N–H and O–H groups in total. The third-order valence-corrected chi connectivity index (χ3v) is 4.95. The monoisotopic (exact) mass is 256 g/mol. The molecule has 0 heterocycles. The summed E-state index contributed by atoms with van der Waals surface area (Å²) in [7, 11) is -1.88. The van der Waals surface area contributed by atoms with Crippen molar-refractivity contribution in [2.45, 2.75) is 37.6 Å². The molecule has 0 aliphatic rings. The summed E-state index contributed by atoms with van der Waals surface area (Å²) >= 11 is 0. The highest BCUT2D eigenvalue weighted by atomic mass is 32.2. The molecule has 0 aliphatic carbocycles. The molecule has 0 saturated carbocycles. The maximum Gasteiger partial charge on any atom is 0.245 e. The molecule has 1 unspecified atom stereocenters. The summed E-state index contributed by atoms with van der Waals surface area (Å²) in [6.45, 7) is 3.94. The van der Waals surface area contributed by atoms with Crippen LogP contribution in [0.15, 0.2) is 29.2 Å². The molecule has 0 bridgehead atoms. The SMILES string of the molecule is CCCC(C)N(C)S(=O)(=O)c1ccccc1N. The zero-order chi connectivity index (χ0) is 13.1. The van der Waals surface area contributed by atoms with E-state index in [1.165, 1.54) is 4.31 Å². The number of rotatable bonds is 5. The molecule has 1 rings (SSSR count). The van der Waals surface area contributed by atoms with Crippen molar-refractivity contribution in [2.24, 2.45) is 0 Å². The molecule has 96 valence electrons. The molecule has 4 nitrogen and oxygen atoms in total. The molecule has 5 heteroatoms. The van der Waals surface area contributed by atoms with E-state index in [1.807, 2.05) is 13.8 Å². The Hall–Kier alpha value is -1.07. The second-order valence-electron chi connectivity index (χ2n) is 4.20. The first-order chi connectivity index (χ1) is 7.91. The van der Waals surface area contributed by atoms with E-state index in [9.17, 15) is 8.42 Å². The van der Waals surface area contributed by atoms with Gasteiger partial charge in [0.2, 0.25) is 10.0 Å². The van der Waals surface area contributed by atoms with Crippen molar-refractivity contribution in [3.05, 3.63) is 24.3 Å². The minimum Gasteiger partial charge on any atom is -0.398 e. The Morgan fingerprint density at radius 2 is 1.94 bits per heavy atom. The number of nitrogen functional groups attached to an aromatic ring is 1. The predicted molar refractivity (Wildman–Crippen MR) is 70.2 cm³/mol. The minimum absolute atomic E-state index is 0.0235. The average Bonchev–Trinajstić information content (AvgIpc) is 2.28. The van der Waals surface area contributed by atoms with Crippen molar-refractivity contribution in [1.82, 2.24) is 4.31 Å².